The fraction of sp³-hybridized carbons (Fsp3) is 0.0517. The van der Waals surface area contributed by atoms with Crippen LogP contribution in [0, 0.1) is 5.92 Å². The topological polar surface area (TPSA) is 61.7 Å². The molecule has 1 unspecified atom stereocenters. The summed E-state index contributed by atoms with van der Waals surface area (Å²) < 4.78 is 11.6. The van der Waals surface area contributed by atoms with Crippen LogP contribution in [-0.4, -0.2) is 24.1 Å². The van der Waals surface area contributed by atoms with E-state index in [1.165, 1.54) is 43.7 Å². The van der Waals surface area contributed by atoms with Crippen molar-refractivity contribution in [3.05, 3.63) is 193 Å². The fourth-order valence-electron chi connectivity index (χ4n) is 10.5. The zero-order valence-corrected chi connectivity index (χ0v) is 34.8. The Morgan fingerprint density at radius 3 is 2.05 bits per heavy atom. The summed E-state index contributed by atoms with van der Waals surface area (Å²) >= 11 is 0. The van der Waals surface area contributed by atoms with Crippen LogP contribution in [0.5, 0.6) is 0 Å². The van der Waals surface area contributed by atoms with Gasteiger partial charge in [-0.1, -0.05) is 146 Å². The lowest BCUT2D eigenvalue weighted by atomic mass is 9.89. The molecule has 13 aromatic rings. The molecular weight excluding hydrogens is 783 g/mol. The van der Waals surface area contributed by atoms with E-state index >= 15 is 0 Å². The Morgan fingerprint density at radius 2 is 1.22 bits per heavy atom. The van der Waals surface area contributed by atoms with Gasteiger partial charge in [0.25, 0.3) is 0 Å². The van der Waals surface area contributed by atoms with Crippen LogP contribution in [-0.2, 0) is 6.42 Å². The molecule has 1 aliphatic carbocycles. The van der Waals surface area contributed by atoms with Crippen molar-refractivity contribution in [3.63, 3.8) is 0 Å². The molecule has 0 aliphatic heterocycles. The highest BCUT2D eigenvalue weighted by Crippen LogP contribution is 2.44. The Kier molecular flexibility index (Phi) is 7.34. The van der Waals surface area contributed by atoms with Crippen molar-refractivity contribution in [1.82, 2.24) is 24.1 Å². The van der Waals surface area contributed by atoms with Crippen molar-refractivity contribution in [3.8, 4) is 34.4 Å². The molecule has 0 N–H and O–H groups in total. The molecule has 0 bridgehead atoms. The van der Waals surface area contributed by atoms with Crippen LogP contribution >= 0.6 is 0 Å². The second-order valence-electron chi connectivity index (χ2n) is 17.3. The first-order chi connectivity index (χ1) is 31.6. The summed E-state index contributed by atoms with van der Waals surface area (Å²) in [6.07, 6.45) is 5.67. The number of nitrogens with zero attached hydrogens (tertiary/aromatic N) is 5. The summed E-state index contributed by atoms with van der Waals surface area (Å²) in [5.74, 6) is 2.18. The molecule has 300 valence electrons. The SMILES string of the molecule is CC1C=Cc2cc3c4ccc5ccccc5c4n(-c4ccc5cc(-c6nc(-c7ccccc7)nc(-n7c8ccccc8c8ccccc87)n6)c6oc7ccccc7c6c5c4)c3cc2C1. The lowest BCUT2D eigenvalue weighted by Crippen LogP contribution is -2.06. The van der Waals surface area contributed by atoms with E-state index in [0.29, 0.717) is 23.5 Å². The Labute approximate surface area is 367 Å². The molecule has 9 aromatic carbocycles. The minimum Gasteiger partial charge on any atom is -0.455 e. The average Bonchev–Trinajstić information content (AvgIpc) is 4.01. The predicted octanol–water partition coefficient (Wildman–Crippen LogP) is 14.8. The molecule has 0 saturated carbocycles. The van der Waals surface area contributed by atoms with Gasteiger partial charge in [0.15, 0.2) is 11.6 Å². The van der Waals surface area contributed by atoms with Gasteiger partial charge in [-0.15, -0.1) is 0 Å². The zero-order chi connectivity index (χ0) is 42.0. The van der Waals surface area contributed by atoms with E-state index in [0.717, 1.165) is 77.8 Å². The maximum Gasteiger partial charge on any atom is 0.238 e. The molecule has 64 heavy (non-hydrogen) atoms. The minimum absolute atomic E-state index is 0.493. The lowest BCUT2D eigenvalue weighted by Gasteiger charge is -2.17. The molecule has 4 aromatic heterocycles. The summed E-state index contributed by atoms with van der Waals surface area (Å²) in [5.41, 5.74) is 11.6. The molecular formula is C58H37N5O. The van der Waals surface area contributed by atoms with E-state index in [9.17, 15) is 0 Å². The van der Waals surface area contributed by atoms with E-state index in [2.05, 4.69) is 180 Å². The average molecular weight is 820 g/mol. The van der Waals surface area contributed by atoms with Gasteiger partial charge in [0.05, 0.1) is 27.6 Å². The molecule has 0 spiro atoms. The summed E-state index contributed by atoms with van der Waals surface area (Å²) in [7, 11) is 0. The zero-order valence-electron chi connectivity index (χ0n) is 34.8. The van der Waals surface area contributed by atoms with Crippen molar-refractivity contribution in [1.29, 1.82) is 0 Å². The number of fused-ring (bicyclic) bond motifs is 14. The first kappa shape index (κ1) is 35.3. The van der Waals surface area contributed by atoms with Gasteiger partial charge in [-0.2, -0.15) is 9.97 Å². The second-order valence-corrected chi connectivity index (χ2v) is 17.3. The predicted molar refractivity (Wildman–Crippen MR) is 264 cm³/mol. The number of hydrogen-bond acceptors (Lipinski definition) is 4. The third-order valence-electron chi connectivity index (χ3n) is 13.4. The third-order valence-corrected chi connectivity index (χ3v) is 13.4. The molecule has 0 saturated heterocycles. The number of rotatable bonds is 4. The van der Waals surface area contributed by atoms with Gasteiger partial charge in [-0.3, -0.25) is 4.57 Å². The Balaban J connectivity index is 1.06. The summed E-state index contributed by atoms with van der Waals surface area (Å²) in [6, 6.07) is 62.7. The molecule has 0 radical (unpaired) electrons. The van der Waals surface area contributed by atoms with Crippen LogP contribution in [0.3, 0.4) is 0 Å². The number of aromatic nitrogens is 5. The lowest BCUT2D eigenvalue weighted by molar-refractivity contribution is 0.669. The van der Waals surface area contributed by atoms with Gasteiger partial charge in [-0.25, -0.2) is 4.98 Å². The summed E-state index contributed by atoms with van der Waals surface area (Å²) in [4.78, 5) is 15.8. The van der Waals surface area contributed by atoms with Crippen molar-refractivity contribution in [2.24, 2.45) is 5.92 Å². The van der Waals surface area contributed by atoms with Crippen LogP contribution in [0.4, 0.5) is 0 Å². The van der Waals surface area contributed by atoms with Crippen molar-refractivity contribution >= 4 is 93.2 Å². The van der Waals surface area contributed by atoms with Gasteiger partial charge in [0.1, 0.15) is 11.2 Å². The van der Waals surface area contributed by atoms with E-state index in [1.54, 1.807) is 0 Å². The van der Waals surface area contributed by atoms with Crippen molar-refractivity contribution in [2.45, 2.75) is 13.3 Å². The highest BCUT2D eigenvalue weighted by molar-refractivity contribution is 6.23. The largest absolute Gasteiger partial charge is 0.455 e. The van der Waals surface area contributed by atoms with E-state index < -0.39 is 0 Å². The first-order valence-corrected chi connectivity index (χ1v) is 22.0. The fourth-order valence-corrected chi connectivity index (χ4v) is 10.5. The quantitative estimate of drug-likeness (QED) is 0.177. The van der Waals surface area contributed by atoms with Gasteiger partial charge in [0, 0.05) is 49.0 Å². The molecule has 14 rings (SSSR count). The van der Waals surface area contributed by atoms with E-state index in [1.807, 2.05) is 24.3 Å². The maximum atomic E-state index is 6.94. The van der Waals surface area contributed by atoms with E-state index in [-0.39, 0.29) is 0 Å². The van der Waals surface area contributed by atoms with Crippen molar-refractivity contribution in [2.75, 3.05) is 0 Å². The van der Waals surface area contributed by atoms with Gasteiger partial charge >= 0.3 is 0 Å². The number of hydrogen-bond donors (Lipinski definition) is 0. The molecule has 6 nitrogen and oxygen atoms in total. The Morgan fingerprint density at radius 1 is 0.516 bits per heavy atom. The van der Waals surface area contributed by atoms with Gasteiger partial charge < -0.3 is 8.98 Å². The molecule has 1 atom stereocenters. The maximum absolute atomic E-state index is 6.94. The normalized spacial score (nSPS) is 14.0. The molecule has 0 fully saturated rings. The molecule has 0 amide bonds. The van der Waals surface area contributed by atoms with Crippen LogP contribution < -0.4 is 0 Å². The summed E-state index contributed by atoms with van der Waals surface area (Å²) in [6.45, 7) is 2.30. The van der Waals surface area contributed by atoms with Crippen LogP contribution in [0.2, 0.25) is 0 Å². The molecule has 1 aliphatic rings. The van der Waals surface area contributed by atoms with E-state index in [4.69, 9.17) is 19.4 Å². The number of benzene rings is 9. The van der Waals surface area contributed by atoms with Crippen LogP contribution in [0.1, 0.15) is 18.1 Å². The third kappa shape index (κ3) is 5.11. The van der Waals surface area contributed by atoms with Crippen LogP contribution in [0.25, 0.3) is 128 Å². The number of allylic oxidation sites excluding steroid dienone is 1. The molecule has 4 heterocycles. The van der Waals surface area contributed by atoms with Crippen molar-refractivity contribution < 1.29 is 4.42 Å². The standard InChI is InChI=1S/C58H37N5O/c1-34-23-24-37-30-47-44-28-26-35-13-5-6-16-41(35)54(44)62(51(47)32-39(37)29-34)40-27-25-38-31-48(55-53(46(38)33-40)45-19-9-12-22-52(45)64-55)57-59-56(36-14-3-2-4-15-36)60-58(61-57)63-49-20-10-7-17-42(49)43-18-8-11-21-50(43)63/h2-28,30-34H,29H2,1H3. The van der Waals surface area contributed by atoms with Gasteiger partial charge in [0.2, 0.25) is 5.95 Å². The highest BCUT2D eigenvalue weighted by atomic mass is 16.3. The molecule has 6 heteroatoms. The smallest absolute Gasteiger partial charge is 0.238 e. The first-order valence-electron chi connectivity index (χ1n) is 22.0. The monoisotopic (exact) mass is 819 g/mol. The highest BCUT2D eigenvalue weighted by Gasteiger charge is 2.24. The Hall–Kier alpha value is -8.35. The number of para-hydroxylation sites is 3. The number of furan rings is 1. The second kappa shape index (κ2) is 13.3. The van der Waals surface area contributed by atoms with Crippen LogP contribution in [0.15, 0.2) is 186 Å². The minimum atomic E-state index is 0.493. The van der Waals surface area contributed by atoms with Gasteiger partial charge in [-0.05, 0) is 88.2 Å². The summed E-state index contributed by atoms with van der Waals surface area (Å²) in [5, 5.41) is 11.5. The Bertz CT molecular complexity index is 4080.